The summed E-state index contributed by atoms with van der Waals surface area (Å²) < 4.78 is 0. The van der Waals surface area contributed by atoms with Crippen LogP contribution in [-0.2, 0) is 9.59 Å². The third-order valence-corrected chi connectivity index (χ3v) is 7.46. The minimum absolute atomic E-state index is 0. The van der Waals surface area contributed by atoms with Crippen molar-refractivity contribution in [3.05, 3.63) is 42.5 Å². The predicted octanol–water partition coefficient (Wildman–Crippen LogP) is 1.44. The van der Waals surface area contributed by atoms with Gasteiger partial charge < -0.3 is 44.4 Å². The van der Waals surface area contributed by atoms with Crippen LogP contribution in [0.5, 0.6) is 0 Å². The van der Waals surface area contributed by atoms with E-state index in [0.717, 1.165) is 72.4 Å². The zero-order chi connectivity index (χ0) is 24.7. The van der Waals surface area contributed by atoms with Gasteiger partial charge in [0.1, 0.15) is 0 Å². The highest BCUT2D eigenvalue weighted by Crippen LogP contribution is 2.22. The maximum atomic E-state index is 12.5. The van der Waals surface area contributed by atoms with Gasteiger partial charge in [-0.3, -0.25) is 9.59 Å². The lowest BCUT2D eigenvalue weighted by molar-refractivity contribution is -0.310. The number of amides is 2. The van der Waals surface area contributed by atoms with E-state index in [-0.39, 0.29) is 35.8 Å². The Kier molecular flexibility index (Phi) is 10.1. The zero-order valence-electron chi connectivity index (χ0n) is 21.5. The number of halogens is 1. The number of benzene rings is 2. The molecule has 7 nitrogen and oxygen atoms in total. The molecule has 0 aliphatic carbocycles. The SMILES string of the molecule is O=C(CCN1CCCCC1)Nc1ccc2cc3ccc(NC(=O)CCN4CCCCC4)cc3[nH+]c2c1.[I-]. The van der Waals surface area contributed by atoms with Crippen LogP contribution < -0.4 is 39.6 Å². The molecule has 1 aromatic heterocycles. The van der Waals surface area contributed by atoms with Gasteiger partial charge in [-0.05, 0) is 82.2 Å². The fraction of sp³-hybridized carbons (Fsp3) is 0.483. The Labute approximate surface area is 236 Å². The lowest BCUT2D eigenvalue weighted by Gasteiger charge is -2.25. The smallest absolute Gasteiger partial charge is 0.225 e. The minimum Gasteiger partial charge on any atom is -1.00 e. The van der Waals surface area contributed by atoms with Gasteiger partial charge in [-0.15, -0.1) is 0 Å². The molecular formula is C29H38IN5O2. The molecule has 3 N–H and O–H groups in total. The Morgan fingerprint density at radius 3 is 1.51 bits per heavy atom. The fourth-order valence-corrected chi connectivity index (χ4v) is 5.38. The Bertz CT molecular complexity index is 1130. The molecule has 0 radical (unpaired) electrons. The van der Waals surface area contributed by atoms with Gasteiger partial charge >= 0.3 is 0 Å². The predicted molar refractivity (Wildman–Crippen MR) is 145 cm³/mol. The summed E-state index contributed by atoms with van der Waals surface area (Å²) in [5.41, 5.74) is 3.49. The number of likely N-dealkylation sites (tertiary alicyclic amines) is 2. The van der Waals surface area contributed by atoms with Crippen LogP contribution in [0, 0.1) is 0 Å². The van der Waals surface area contributed by atoms with Crippen molar-refractivity contribution in [3.63, 3.8) is 0 Å². The van der Waals surface area contributed by atoms with Crippen molar-refractivity contribution in [1.82, 2.24) is 9.80 Å². The monoisotopic (exact) mass is 615 g/mol. The Balaban J connectivity index is 0.00000320. The van der Waals surface area contributed by atoms with Gasteiger partial charge in [0.2, 0.25) is 22.8 Å². The first-order chi connectivity index (χ1) is 17.6. The van der Waals surface area contributed by atoms with Crippen molar-refractivity contribution in [1.29, 1.82) is 0 Å². The summed E-state index contributed by atoms with van der Waals surface area (Å²) >= 11 is 0. The highest BCUT2D eigenvalue weighted by molar-refractivity contribution is 5.97. The van der Waals surface area contributed by atoms with Gasteiger partial charge in [-0.2, -0.15) is 0 Å². The number of aromatic nitrogens is 1. The van der Waals surface area contributed by atoms with Crippen LogP contribution in [0.25, 0.3) is 21.8 Å². The summed E-state index contributed by atoms with van der Waals surface area (Å²) in [7, 11) is 0. The van der Waals surface area contributed by atoms with Crippen LogP contribution in [0.2, 0.25) is 0 Å². The molecule has 8 heteroatoms. The van der Waals surface area contributed by atoms with Crippen LogP contribution in [0.3, 0.4) is 0 Å². The molecule has 198 valence electrons. The summed E-state index contributed by atoms with van der Waals surface area (Å²) in [6, 6.07) is 14.1. The van der Waals surface area contributed by atoms with Gasteiger partial charge in [0, 0.05) is 60.2 Å². The van der Waals surface area contributed by atoms with E-state index in [9.17, 15) is 9.59 Å². The van der Waals surface area contributed by atoms with Gasteiger partial charge in [-0.25, -0.2) is 4.98 Å². The summed E-state index contributed by atoms with van der Waals surface area (Å²) in [5.74, 6) is 0.102. The van der Waals surface area contributed by atoms with Crippen molar-refractivity contribution in [2.24, 2.45) is 0 Å². The van der Waals surface area contributed by atoms with E-state index >= 15 is 0 Å². The first-order valence-corrected chi connectivity index (χ1v) is 13.6. The normalized spacial score (nSPS) is 16.9. The third kappa shape index (κ3) is 7.85. The Morgan fingerprint density at radius 1 is 0.649 bits per heavy atom. The largest absolute Gasteiger partial charge is 1.00 e. The number of H-pyrrole nitrogens is 1. The lowest BCUT2D eigenvalue weighted by atomic mass is 10.1. The van der Waals surface area contributed by atoms with Gasteiger partial charge in [0.25, 0.3) is 0 Å². The van der Waals surface area contributed by atoms with Crippen LogP contribution in [-0.4, -0.2) is 60.9 Å². The number of aromatic amines is 1. The third-order valence-electron chi connectivity index (χ3n) is 7.46. The minimum atomic E-state index is 0. The second-order valence-electron chi connectivity index (χ2n) is 10.3. The second kappa shape index (κ2) is 13.5. The number of nitrogens with zero attached hydrogens (tertiary/aromatic N) is 2. The number of pyridine rings is 1. The quantitative estimate of drug-likeness (QED) is 0.297. The Hall–Kier alpha value is -2.30. The molecule has 5 rings (SSSR count). The number of carbonyl (C=O) groups is 2. The van der Waals surface area contributed by atoms with Crippen LogP contribution in [0.4, 0.5) is 11.4 Å². The number of carbonyl (C=O) groups excluding carboxylic acids is 2. The number of hydrogen-bond acceptors (Lipinski definition) is 4. The van der Waals surface area contributed by atoms with Crippen LogP contribution >= 0.6 is 0 Å². The molecule has 2 amide bonds. The highest BCUT2D eigenvalue weighted by Gasteiger charge is 2.15. The van der Waals surface area contributed by atoms with Gasteiger partial charge in [-0.1, -0.05) is 12.8 Å². The topological polar surface area (TPSA) is 78.8 Å². The molecule has 0 atom stereocenters. The molecule has 3 aromatic rings. The molecule has 3 heterocycles. The van der Waals surface area contributed by atoms with Crippen LogP contribution in [0.15, 0.2) is 42.5 Å². The summed E-state index contributed by atoms with van der Waals surface area (Å²) in [4.78, 5) is 33.3. The summed E-state index contributed by atoms with van der Waals surface area (Å²) in [5, 5.41) is 8.26. The number of anilines is 2. The van der Waals surface area contributed by atoms with Crippen molar-refractivity contribution in [2.75, 3.05) is 49.9 Å². The first-order valence-electron chi connectivity index (χ1n) is 13.6. The molecule has 0 bridgehead atoms. The molecule has 0 spiro atoms. The van der Waals surface area contributed by atoms with Gasteiger partial charge in [0.15, 0.2) is 0 Å². The maximum absolute atomic E-state index is 12.5. The fourth-order valence-electron chi connectivity index (χ4n) is 5.38. The van der Waals surface area contributed by atoms with E-state index in [1.165, 1.54) is 38.5 Å². The molecule has 37 heavy (non-hydrogen) atoms. The molecular weight excluding hydrogens is 577 g/mol. The van der Waals surface area contributed by atoms with Gasteiger partial charge in [0.05, 0.1) is 0 Å². The zero-order valence-corrected chi connectivity index (χ0v) is 23.7. The maximum Gasteiger partial charge on any atom is 0.225 e. The number of hydrogen-bond donors (Lipinski definition) is 2. The van der Waals surface area contributed by atoms with E-state index in [0.29, 0.717) is 12.8 Å². The number of piperidine rings is 2. The molecule has 2 fully saturated rings. The molecule has 2 aromatic carbocycles. The number of fused-ring (bicyclic) bond motifs is 2. The van der Waals surface area contributed by atoms with Crippen molar-refractivity contribution in [2.45, 2.75) is 51.4 Å². The molecule has 0 unspecified atom stereocenters. The van der Waals surface area contributed by atoms with E-state index in [1.54, 1.807) is 0 Å². The van der Waals surface area contributed by atoms with E-state index in [4.69, 9.17) is 0 Å². The molecule has 0 saturated carbocycles. The van der Waals surface area contributed by atoms with E-state index in [1.807, 2.05) is 36.4 Å². The molecule has 2 aliphatic heterocycles. The van der Waals surface area contributed by atoms with Crippen molar-refractivity contribution >= 4 is 45.0 Å². The number of rotatable bonds is 8. The lowest BCUT2D eigenvalue weighted by Crippen LogP contribution is -3.00. The summed E-state index contributed by atoms with van der Waals surface area (Å²) in [6.07, 6.45) is 8.58. The summed E-state index contributed by atoms with van der Waals surface area (Å²) in [6.45, 7) is 6.06. The van der Waals surface area contributed by atoms with E-state index < -0.39 is 0 Å². The molecule has 2 aliphatic rings. The average molecular weight is 616 g/mol. The van der Waals surface area contributed by atoms with Crippen molar-refractivity contribution < 1.29 is 38.5 Å². The van der Waals surface area contributed by atoms with Crippen molar-refractivity contribution in [3.8, 4) is 0 Å². The number of nitrogens with one attached hydrogen (secondary N) is 3. The van der Waals surface area contributed by atoms with E-state index in [2.05, 4.69) is 31.5 Å². The second-order valence-corrected chi connectivity index (χ2v) is 10.3. The average Bonchev–Trinajstić information content (AvgIpc) is 2.91. The first kappa shape index (κ1) is 27.7. The van der Waals surface area contributed by atoms with Crippen LogP contribution in [0.1, 0.15) is 51.4 Å². The Morgan fingerprint density at radius 2 is 1.08 bits per heavy atom. The molecule has 2 saturated heterocycles. The standard InChI is InChI=1S/C29H37N5O2.HI/c35-28(11-17-33-13-3-1-4-14-33)30-24-9-7-22-19-23-8-10-25(21-27(23)32-26(22)20-24)31-29(36)12-18-34-15-5-2-6-16-34;/h7-10,19-21H,1-6,11-18H2,(H,30,35)(H,31,36);1H. The highest BCUT2D eigenvalue weighted by atomic mass is 127.